The number of aliphatic imine (C=N–C) groups is 1. The van der Waals surface area contributed by atoms with Gasteiger partial charge < -0.3 is 13.7 Å². The smallest absolute Gasteiger partial charge is 0.227 e. The van der Waals surface area contributed by atoms with E-state index < -0.39 is 0 Å². The van der Waals surface area contributed by atoms with Crippen LogP contribution in [-0.4, -0.2) is 57.8 Å². The van der Waals surface area contributed by atoms with Gasteiger partial charge in [0.25, 0.3) is 0 Å². The first-order valence-electron chi connectivity index (χ1n) is 10.5. The zero-order valence-electron chi connectivity index (χ0n) is 17.2. The number of likely N-dealkylation sites (N-methyl/N-ethyl adjacent to an activating group) is 1. The number of Topliss-reactive ketones (excluding diaryl/α,β-unsaturated/α-hetero) is 2. The van der Waals surface area contributed by atoms with Gasteiger partial charge >= 0.3 is 0 Å². The van der Waals surface area contributed by atoms with Crippen molar-refractivity contribution in [3.8, 4) is 22.9 Å². The molecular weight excluding hydrogens is 396 g/mol. The first kappa shape index (κ1) is 19.6. The van der Waals surface area contributed by atoms with Crippen molar-refractivity contribution in [3.05, 3.63) is 48.2 Å². The SMILES string of the molecule is CCN1CCCC(N=C2CC(=O)c3nc(-c4ccco4)c(-c4ccco4)nc3C2=O)C1. The molecule has 1 unspecified atom stereocenters. The molecule has 158 valence electrons. The first-order valence-corrected chi connectivity index (χ1v) is 10.5. The van der Waals surface area contributed by atoms with Gasteiger partial charge in [-0.2, -0.15) is 0 Å². The molecule has 0 aromatic carbocycles. The Morgan fingerprint density at radius 3 is 2.32 bits per heavy atom. The second-order valence-electron chi connectivity index (χ2n) is 7.77. The highest BCUT2D eigenvalue weighted by Gasteiger charge is 2.35. The van der Waals surface area contributed by atoms with E-state index in [4.69, 9.17) is 8.83 Å². The Hall–Kier alpha value is -3.39. The molecule has 0 radical (unpaired) electrons. The van der Waals surface area contributed by atoms with Crippen LogP contribution in [0.2, 0.25) is 0 Å². The van der Waals surface area contributed by atoms with Crippen molar-refractivity contribution < 1.29 is 18.4 Å². The Balaban J connectivity index is 1.57. The van der Waals surface area contributed by atoms with Gasteiger partial charge in [0, 0.05) is 6.54 Å². The van der Waals surface area contributed by atoms with Crippen molar-refractivity contribution in [3.63, 3.8) is 0 Å². The van der Waals surface area contributed by atoms with Gasteiger partial charge in [0.05, 0.1) is 30.7 Å². The molecule has 0 spiro atoms. The van der Waals surface area contributed by atoms with Crippen LogP contribution in [0, 0.1) is 0 Å². The fraction of sp³-hybridized carbons (Fsp3) is 0.348. The number of rotatable bonds is 4. The summed E-state index contributed by atoms with van der Waals surface area (Å²) in [5.41, 5.74) is 1.08. The zero-order chi connectivity index (χ0) is 21.4. The molecule has 1 fully saturated rings. The molecule has 4 heterocycles. The summed E-state index contributed by atoms with van der Waals surface area (Å²) in [4.78, 5) is 42.2. The topological polar surface area (TPSA) is 102 Å². The molecule has 3 aromatic rings. The lowest BCUT2D eigenvalue weighted by molar-refractivity contribution is 0.0956. The van der Waals surface area contributed by atoms with E-state index >= 15 is 0 Å². The van der Waals surface area contributed by atoms with E-state index in [0.717, 1.165) is 32.5 Å². The number of likely N-dealkylation sites (tertiary alicyclic amines) is 1. The predicted octanol–water partition coefficient (Wildman–Crippen LogP) is 3.69. The van der Waals surface area contributed by atoms with Crippen LogP contribution in [0.1, 0.15) is 47.2 Å². The minimum atomic E-state index is -0.338. The lowest BCUT2D eigenvalue weighted by Gasteiger charge is -2.30. The molecule has 8 heteroatoms. The molecule has 1 atom stereocenters. The van der Waals surface area contributed by atoms with Crippen LogP contribution in [0.5, 0.6) is 0 Å². The summed E-state index contributed by atoms with van der Waals surface area (Å²) in [5, 5.41) is 0. The van der Waals surface area contributed by atoms with Gasteiger partial charge in [0.2, 0.25) is 5.78 Å². The van der Waals surface area contributed by atoms with Gasteiger partial charge in [-0.25, -0.2) is 9.97 Å². The van der Waals surface area contributed by atoms with Crippen molar-refractivity contribution in [2.45, 2.75) is 32.2 Å². The molecule has 8 nitrogen and oxygen atoms in total. The van der Waals surface area contributed by atoms with Crippen LogP contribution < -0.4 is 0 Å². The third kappa shape index (κ3) is 3.63. The minimum absolute atomic E-state index is 0.0156. The predicted molar refractivity (Wildman–Crippen MR) is 113 cm³/mol. The van der Waals surface area contributed by atoms with Crippen LogP contribution >= 0.6 is 0 Å². The van der Waals surface area contributed by atoms with E-state index in [1.165, 1.54) is 12.5 Å². The van der Waals surface area contributed by atoms with E-state index in [2.05, 4.69) is 26.8 Å². The highest BCUT2D eigenvalue weighted by molar-refractivity contribution is 6.52. The largest absolute Gasteiger partial charge is 0.463 e. The number of furan rings is 2. The molecular formula is C23H22N4O4. The van der Waals surface area contributed by atoms with E-state index in [1.807, 2.05) is 0 Å². The molecule has 0 saturated carbocycles. The normalized spacial score (nSPS) is 20.9. The summed E-state index contributed by atoms with van der Waals surface area (Å²) < 4.78 is 11.0. The minimum Gasteiger partial charge on any atom is -0.463 e. The second-order valence-corrected chi connectivity index (χ2v) is 7.77. The van der Waals surface area contributed by atoms with E-state index in [1.54, 1.807) is 24.3 Å². The third-order valence-corrected chi connectivity index (χ3v) is 5.74. The van der Waals surface area contributed by atoms with Crippen LogP contribution in [-0.2, 0) is 0 Å². The van der Waals surface area contributed by atoms with Gasteiger partial charge in [-0.05, 0) is 50.2 Å². The summed E-state index contributed by atoms with van der Waals surface area (Å²) in [6.07, 6.45) is 4.92. The Labute approximate surface area is 179 Å². The van der Waals surface area contributed by atoms with Crippen molar-refractivity contribution >= 4 is 17.3 Å². The van der Waals surface area contributed by atoms with Crippen LogP contribution in [0.15, 0.2) is 50.6 Å². The lowest BCUT2D eigenvalue weighted by Crippen LogP contribution is -2.39. The molecule has 0 amide bonds. The van der Waals surface area contributed by atoms with Crippen molar-refractivity contribution in [1.29, 1.82) is 0 Å². The van der Waals surface area contributed by atoms with Gasteiger partial charge in [0.1, 0.15) is 22.8 Å². The molecule has 1 saturated heterocycles. The van der Waals surface area contributed by atoms with E-state index in [9.17, 15) is 9.59 Å². The fourth-order valence-electron chi connectivity index (χ4n) is 4.16. The van der Waals surface area contributed by atoms with Crippen molar-refractivity contribution in [1.82, 2.24) is 14.9 Å². The Morgan fingerprint density at radius 2 is 1.71 bits per heavy atom. The number of ketones is 2. The summed E-state index contributed by atoms with van der Waals surface area (Å²) in [5.74, 6) is 0.289. The number of nitrogens with zero attached hydrogens (tertiary/aromatic N) is 4. The maximum absolute atomic E-state index is 13.3. The maximum Gasteiger partial charge on any atom is 0.227 e. The number of piperidine rings is 1. The number of hydrogen-bond donors (Lipinski definition) is 0. The fourth-order valence-corrected chi connectivity index (χ4v) is 4.16. The molecule has 2 aliphatic rings. The monoisotopic (exact) mass is 418 g/mol. The maximum atomic E-state index is 13.3. The quantitative estimate of drug-likeness (QED) is 0.637. The highest BCUT2D eigenvalue weighted by atomic mass is 16.3. The highest BCUT2D eigenvalue weighted by Crippen LogP contribution is 2.32. The van der Waals surface area contributed by atoms with Gasteiger partial charge in [0.15, 0.2) is 17.3 Å². The van der Waals surface area contributed by atoms with E-state index in [0.29, 0.717) is 22.9 Å². The van der Waals surface area contributed by atoms with Crippen LogP contribution in [0.3, 0.4) is 0 Å². The number of fused-ring (bicyclic) bond motifs is 1. The Kier molecular flexibility index (Phi) is 5.07. The molecule has 1 aliphatic carbocycles. The Bertz CT molecular complexity index is 1150. The summed E-state index contributed by atoms with van der Waals surface area (Å²) in [6, 6.07) is 6.93. The van der Waals surface area contributed by atoms with Crippen LogP contribution in [0.4, 0.5) is 0 Å². The molecule has 1 aliphatic heterocycles. The average molecular weight is 418 g/mol. The summed E-state index contributed by atoms with van der Waals surface area (Å²) >= 11 is 0. The average Bonchev–Trinajstić information content (AvgIpc) is 3.51. The van der Waals surface area contributed by atoms with Crippen molar-refractivity contribution in [2.75, 3.05) is 19.6 Å². The van der Waals surface area contributed by atoms with Gasteiger partial charge in [-0.15, -0.1) is 0 Å². The molecule has 31 heavy (non-hydrogen) atoms. The summed E-state index contributed by atoms with van der Waals surface area (Å²) in [6.45, 7) is 4.91. The third-order valence-electron chi connectivity index (χ3n) is 5.74. The standard InChI is InChI=1S/C23H22N4O4/c1-2-27-9-3-6-14(13-27)24-15-12-16(28)19-22(23(15)29)26-21(18-8-5-11-31-18)20(25-19)17-7-4-10-30-17/h4-5,7-8,10-11,14H,2-3,6,9,12-13H2,1H3. The number of aromatic nitrogens is 2. The van der Waals surface area contributed by atoms with Crippen LogP contribution in [0.25, 0.3) is 22.9 Å². The Morgan fingerprint density at radius 1 is 1.03 bits per heavy atom. The summed E-state index contributed by atoms with van der Waals surface area (Å²) in [7, 11) is 0. The molecule has 3 aromatic heterocycles. The number of hydrogen-bond acceptors (Lipinski definition) is 8. The van der Waals surface area contributed by atoms with Gasteiger partial charge in [-0.3, -0.25) is 14.6 Å². The number of carbonyl (C=O) groups is 2. The molecule has 0 N–H and O–H groups in total. The van der Waals surface area contributed by atoms with E-state index in [-0.39, 0.29) is 41.1 Å². The van der Waals surface area contributed by atoms with Crippen molar-refractivity contribution in [2.24, 2.45) is 4.99 Å². The van der Waals surface area contributed by atoms with Gasteiger partial charge in [-0.1, -0.05) is 6.92 Å². The lowest BCUT2D eigenvalue weighted by atomic mass is 9.94. The first-order chi connectivity index (χ1) is 15.1. The second kappa shape index (κ2) is 8.03. The zero-order valence-corrected chi connectivity index (χ0v) is 17.2. The molecule has 5 rings (SSSR count). The molecule has 0 bridgehead atoms. The number of carbonyl (C=O) groups excluding carboxylic acids is 2.